The first-order valence-electron chi connectivity index (χ1n) is 4.88. The number of nitrogens with zero attached hydrogens (tertiary/aromatic N) is 1. The summed E-state index contributed by atoms with van der Waals surface area (Å²) in [5.41, 5.74) is 0.875. The van der Waals surface area contributed by atoms with Crippen LogP contribution in [0.2, 0.25) is 0 Å². The molecule has 0 radical (unpaired) electrons. The molecule has 0 aliphatic heterocycles. The minimum atomic E-state index is -0.985. The highest BCUT2D eigenvalue weighted by Gasteiger charge is 2.15. The number of carboxylic acids is 1. The zero-order valence-electron chi connectivity index (χ0n) is 9.05. The van der Waals surface area contributed by atoms with E-state index in [1.54, 1.807) is 36.1 Å². The molecule has 17 heavy (non-hydrogen) atoms. The molecular formula is C12H10BrNO3. The number of halogens is 1. The predicted molar refractivity (Wildman–Crippen MR) is 67.0 cm³/mol. The van der Waals surface area contributed by atoms with Crippen LogP contribution in [0.1, 0.15) is 10.5 Å². The average molecular weight is 296 g/mol. The molecular weight excluding hydrogens is 286 g/mol. The van der Waals surface area contributed by atoms with E-state index in [9.17, 15) is 4.79 Å². The number of aromatic nitrogens is 1. The van der Waals surface area contributed by atoms with Crippen LogP contribution in [-0.2, 0) is 0 Å². The van der Waals surface area contributed by atoms with E-state index in [0.29, 0.717) is 15.9 Å². The summed E-state index contributed by atoms with van der Waals surface area (Å²) in [6.07, 6.45) is 1.70. The maximum absolute atomic E-state index is 11.1. The highest BCUT2D eigenvalue weighted by Crippen LogP contribution is 2.26. The zero-order valence-corrected chi connectivity index (χ0v) is 10.6. The molecule has 2 aromatic rings. The third kappa shape index (κ3) is 2.19. The topological polar surface area (TPSA) is 51.5 Å². The van der Waals surface area contributed by atoms with Crippen molar-refractivity contribution >= 4 is 21.9 Å². The lowest BCUT2D eigenvalue weighted by Gasteiger charge is -2.10. The largest absolute Gasteiger partial charge is 0.495 e. The molecule has 0 atom stereocenters. The van der Waals surface area contributed by atoms with Crippen LogP contribution in [0, 0.1) is 0 Å². The maximum Gasteiger partial charge on any atom is 0.352 e. The molecule has 0 amide bonds. The van der Waals surface area contributed by atoms with Gasteiger partial charge in [-0.3, -0.25) is 0 Å². The molecule has 88 valence electrons. The summed E-state index contributed by atoms with van der Waals surface area (Å²) in [6.45, 7) is 0. The molecule has 0 aliphatic rings. The van der Waals surface area contributed by atoms with Crippen LogP contribution in [0.5, 0.6) is 5.75 Å². The molecule has 0 saturated carbocycles. The Morgan fingerprint density at radius 1 is 1.41 bits per heavy atom. The van der Waals surface area contributed by atoms with Crippen LogP contribution in [0.3, 0.4) is 0 Å². The van der Waals surface area contributed by atoms with Crippen molar-refractivity contribution in [3.05, 3.63) is 46.7 Å². The quantitative estimate of drug-likeness (QED) is 0.947. The zero-order chi connectivity index (χ0) is 12.4. The van der Waals surface area contributed by atoms with Crippen molar-refractivity contribution < 1.29 is 14.6 Å². The van der Waals surface area contributed by atoms with Crippen LogP contribution < -0.4 is 4.74 Å². The Hall–Kier alpha value is -1.75. The molecule has 1 aromatic carbocycles. The van der Waals surface area contributed by atoms with Gasteiger partial charge in [0.25, 0.3) is 0 Å². The monoisotopic (exact) mass is 295 g/mol. The van der Waals surface area contributed by atoms with Gasteiger partial charge in [0.15, 0.2) is 0 Å². The van der Waals surface area contributed by atoms with Crippen LogP contribution >= 0.6 is 15.9 Å². The van der Waals surface area contributed by atoms with Gasteiger partial charge in [-0.1, -0.05) is 12.1 Å². The third-order valence-electron chi connectivity index (χ3n) is 2.35. The number of ether oxygens (including phenoxy) is 1. The Morgan fingerprint density at radius 2 is 2.12 bits per heavy atom. The Labute approximate surface area is 107 Å². The minimum Gasteiger partial charge on any atom is -0.495 e. The smallest absolute Gasteiger partial charge is 0.352 e. The van der Waals surface area contributed by atoms with Crippen LogP contribution in [-0.4, -0.2) is 22.8 Å². The van der Waals surface area contributed by atoms with Gasteiger partial charge in [0.05, 0.1) is 12.8 Å². The SMILES string of the molecule is COc1ccccc1-n1cc(Br)cc1C(=O)O. The molecule has 0 bridgehead atoms. The summed E-state index contributed by atoms with van der Waals surface area (Å²) in [7, 11) is 1.55. The number of carbonyl (C=O) groups is 1. The van der Waals surface area contributed by atoms with Crippen molar-refractivity contribution in [2.75, 3.05) is 7.11 Å². The number of para-hydroxylation sites is 2. The number of aromatic carboxylic acids is 1. The van der Waals surface area contributed by atoms with Gasteiger partial charge >= 0.3 is 5.97 Å². The van der Waals surface area contributed by atoms with Gasteiger partial charge in [0.2, 0.25) is 0 Å². The summed E-state index contributed by atoms with van der Waals surface area (Å²) in [5.74, 6) is -0.361. The Bertz CT molecular complexity index is 563. The van der Waals surface area contributed by atoms with E-state index >= 15 is 0 Å². The fraction of sp³-hybridized carbons (Fsp3) is 0.0833. The third-order valence-corrected chi connectivity index (χ3v) is 2.78. The van der Waals surface area contributed by atoms with E-state index in [1.807, 2.05) is 12.1 Å². The van der Waals surface area contributed by atoms with Gasteiger partial charge in [-0.05, 0) is 34.1 Å². The highest BCUT2D eigenvalue weighted by atomic mass is 79.9. The number of benzene rings is 1. The summed E-state index contributed by atoms with van der Waals surface area (Å²) >= 11 is 3.27. The number of methoxy groups -OCH3 is 1. The molecule has 5 heteroatoms. The van der Waals surface area contributed by atoms with Gasteiger partial charge in [-0.25, -0.2) is 4.79 Å². The van der Waals surface area contributed by atoms with Gasteiger partial charge in [-0.2, -0.15) is 0 Å². The van der Waals surface area contributed by atoms with Crippen molar-refractivity contribution in [3.63, 3.8) is 0 Å². The Balaban J connectivity index is 2.63. The second kappa shape index (κ2) is 4.63. The van der Waals surface area contributed by atoms with Gasteiger partial charge in [0, 0.05) is 10.7 Å². The first kappa shape index (κ1) is 11.7. The fourth-order valence-electron chi connectivity index (χ4n) is 1.62. The second-order valence-electron chi connectivity index (χ2n) is 3.39. The minimum absolute atomic E-state index is 0.182. The molecule has 0 aliphatic carbocycles. The standard InChI is InChI=1S/C12H10BrNO3/c1-17-11-5-3-2-4-9(11)14-7-8(13)6-10(14)12(15)16/h2-7H,1H3,(H,15,16). The average Bonchev–Trinajstić information content (AvgIpc) is 2.71. The molecule has 1 heterocycles. The van der Waals surface area contributed by atoms with E-state index in [4.69, 9.17) is 9.84 Å². The number of hydrogen-bond donors (Lipinski definition) is 1. The van der Waals surface area contributed by atoms with E-state index in [0.717, 1.165) is 0 Å². The molecule has 0 spiro atoms. The molecule has 0 fully saturated rings. The second-order valence-corrected chi connectivity index (χ2v) is 4.31. The van der Waals surface area contributed by atoms with Crippen molar-refractivity contribution in [1.82, 2.24) is 4.57 Å². The summed E-state index contributed by atoms with van der Waals surface area (Å²) in [5, 5.41) is 9.12. The molecule has 0 unspecified atom stereocenters. The van der Waals surface area contributed by atoms with Gasteiger partial charge in [-0.15, -0.1) is 0 Å². The Kier molecular flexibility index (Phi) is 3.19. The lowest BCUT2D eigenvalue weighted by atomic mass is 10.3. The summed E-state index contributed by atoms with van der Waals surface area (Å²) in [4.78, 5) is 11.1. The van der Waals surface area contributed by atoms with Crippen LogP contribution in [0.25, 0.3) is 5.69 Å². The molecule has 1 N–H and O–H groups in total. The molecule has 0 saturated heterocycles. The van der Waals surface area contributed by atoms with E-state index in [-0.39, 0.29) is 5.69 Å². The van der Waals surface area contributed by atoms with Crippen molar-refractivity contribution in [3.8, 4) is 11.4 Å². The number of carboxylic acid groups (broad SMARTS) is 1. The van der Waals surface area contributed by atoms with Crippen molar-refractivity contribution in [2.24, 2.45) is 0 Å². The molecule has 4 nitrogen and oxygen atoms in total. The van der Waals surface area contributed by atoms with E-state index in [1.165, 1.54) is 0 Å². The lowest BCUT2D eigenvalue weighted by Crippen LogP contribution is -2.06. The Morgan fingerprint density at radius 3 is 2.76 bits per heavy atom. The van der Waals surface area contributed by atoms with Crippen LogP contribution in [0.4, 0.5) is 0 Å². The highest BCUT2D eigenvalue weighted by molar-refractivity contribution is 9.10. The normalized spacial score (nSPS) is 10.2. The van der Waals surface area contributed by atoms with E-state index < -0.39 is 5.97 Å². The summed E-state index contributed by atoms with van der Waals surface area (Å²) in [6, 6.07) is 8.81. The first-order chi connectivity index (χ1) is 8.13. The summed E-state index contributed by atoms with van der Waals surface area (Å²) < 4.78 is 7.50. The lowest BCUT2D eigenvalue weighted by molar-refractivity contribution is 0.0688. The van der Waals surface area contributed by atoms with E-state index in [2.05, 4.69) is 15.9 Å². The first-order valence-corrected chi connectivity index (χ1v) is 5.67. The van der Waals surface area contributed by atoms with Crippen LogP contribution in [0.15, 0.2) is 41.0 Å². The van der Waals surface area contributed by atoms with Crippen molar-refractivity contribution in [2.45, 2.75) is 0 Å². The number of hydrogen-bond acceptors (Lipinski definition) is 2. The molecule has 1 aromatic heterocycles. The van der Waals surface area contributed by atoms with Crippen molar-refractivity contribution in [1.29, 1.82) is 0 Å². The van der Waals surface area contributed by atoms with Gasteiger partial charge < -0.3 is 14.4 Å². The predicted octanol–water partition coefficient (Wildman–Crippen LogP) is 2.95. The number of rotatable bonds is 3. The fourth-order valence-corrected chi connectivity index (χ4v) is 2.04. The molecule has 2 rings (SSSR count). The van der Waals surface area contributed by atoms with Gasteiger partial charge in [0.1, 0.15) is 11.4 Å². The maximum atomic E-state index is 11.1.